The molecule has 7 heavy (non-hydrogen) atoms. The lowest BCUT2D eigenvalue weighted by Gasteiger charge is -2.20. The number of rotatable bonds is 0. The molecule has 2 heteroatoms. The van der Waals surface area contributed by atoms with E-state index < -0.39 is 0 Å². The molecule has 0 N–H and O–H groups in total. The second-order valence-corrected chi connectivity index (χ2v) is 8.36. The number of alkyl halides is 1. The molecule has 0 aliphatic rings. The normalized spacial score (nSPS) is 17.1. The van der Waals surface area contributed by atoms with Crippen molar-refractivity contribution in [2.24, 2.45) is 5.41 Å². The van der Waals surface area contributed by atoms with Crippen LogP contribution in [-0.4, -0.2) is 13.8 Å². The van der Waals surface area contributed by atoms with Crippen molar-refractivity contribution in [2.75, 3.05) is 0 Å². The monoisotopic (exact) mass is 228 g/mol. The third-order valence-corrected chi connectivity index (χ3v) is 4.79. The standard InChI is InChI=1S/C5H13ISi/c1-5(2,3)4(6)7/h4H,1-3,7H3. The van der Waals surface area contributed by atoms with Crippen molar-refractivity contribution >= 4 is 32.8 Å². The van der Waals surface area contributed by atoms with Gasteiger partial charge in [0.1, 0.15) is 0 Å². The SMILES string of the molecule is CC(C)(C)C([SiH3])I. The minimum Gasteiger partial charge on any atom is -0.0866 e. The van der Waals surface area contributed by atoms with E-state index in [1.165, 1.54) is 10.2 Å². The summed E-state index contributed by atoms with van der Waals surface area (Å²) in [6, 6.07) is 0. The number of hydrogen-bond acceptors (Lipinski definition) is 0. The zero-order valence-electron chi connectivity index (χ0n) is 5.46. The van der Waals surface area contributed by atoms with Crippen LogP contribution in [0, 0.1) is 5.41 Å². The Morgan fingerprint density at radius 1 is 1.43 bits per heavy atom. The largest absolute Gasteiger partial charge is 0.0866 e. The van der Waals surface area contributed by atoms with Crippen LogP contribution in [0.25, 0.3) is 0 Å². The van der Waals surface area contributed by atoms with Crippen LogP contribution in [0.5, 0.6) is 0 Å². The van der Waals surface area contributed by atoms with E-state index in [9.17, 15) is 0 Å². The molecule has 0 aromatic heterocycles. The van der Waals surface area contributed by atoms with Gasteiger partial charge in [-0.3, -0.25) is 0 Å². The molecule has 0 aliphatic carbocycles. The van der Waals surface area contributed by atoms with E-state index in [0.717, 1.165) is 3.55 Å². The van der Waals surface area contributed by atoms with Crippen molar-refractivity contribution in [3.05, 3.63) is 0 Å². The van der Waals surface area contributed by atoms with E-state index in [1.54, 1.807) is 0 Å². The van der Waals surface area contributed by atoms with Gasteiger partial charge in [-0.2, -0.15) is 0 Å². The van der Waals surface area contributed by atoms with Crippen LogP contribution in [0.1, 0.15) is 20.8 Å². The predicted octanol–water partition coefficient (Wildman–Crippen LogP) is 1.16. The molecule has 0 aliphatic heterocycles. The van der Waals surface area contributed by atoms with E-state index in [1.807, 2.05) is 0 Å². The first kappa shape index (κ1) is 7.95. The molecule has 44 valence electrons. The average molecular weight is 228 g/mol. The Balaban J connectivity index is 3.54. The van der Waals surface area contributed by atoms with Gasteiger partial charge in [-0.25, -0.2) is 0 Å². The maximum Gasteiger partial charge on any atom is 0.0197 e. The summed E-state index contributed by atoms with van der Waals surface area (Å²) >= 11 is 2.51. The van der Waals surface area contributed by atoms with Crippen LogP contribution in [0.3, 0.4) is 0 Å². The Labute approximate surface area is 62.6 Å². The summed E-state index contributed by atoms with van der Waals surface area (Å²) in [5.74, 6) is 0. The third kappa shape index (κ3) is 3.52. The van der Waals surface area contributed by atoms with Gasteiger partial charge in [-0.05, 0) is 5.41 Å². The highest BCUT2D eigenvalue weighted by atomic mass is 127. The number of hydrogen-bond donors (Lipinski definition) is 0. The van der Waals surface area contributed by atoms with Crippen molar-refractivity contribution in [3.63, 3.8) is 0 Å². The fraction of sp³-hybridized carbons (Fsp3) is 1.00. The first-order chi connectivity index (χ1) is 2.94. The lowest BCUT2D eigenvalue weighted by Crippen LogP contribution is -2.19. The molecule has 0 nitrogen and oxygen atoms in total. The molecule has 0 spiro atoms. The molecule has 0 saturated heterocycles. The second kappa shape index (κ2) is 2.48. The molecule has 0 rings (SSSR count). The smallest absolute Gasteiger partial charge is 0.0197 e. The Morgan fingerprint density at radius 2 is 1.57 bits per heavy atom. The van der Waals surface area contributed by atoms with Gasteiger partial charge < -0.3 is 0 Å². The van der Waals surface area contributed by atoms with Crippen molar-refractivity contribution in [1.29, 1.82) is 0 Å². The summed E-state index contributed by atoms with van der Waals surface area (Å²) in [7, 11) is 1.31. The molecule has 0 aromatic carbocycles. The van der Waals surface area contributed by atoms with Gasteiger partial charge in [0.15, 0.2) is 0 Å². The highest BCUT2D eigenvalue weighted by Crippen LogP contribution is 2.22. The molecule has 0 amide bonds. The van der Waals surface area contributed by atoms with Gasteiger partial charge in [0, 0.05) is 13.8 Å². The lowest BCUT2D eigenvalue weighted by atomic mass is 10.0. The van der Waals surface area contributed by atoms with Gasteiger partial charge in [-0.15, -0.1) is 0 Å². The first-order valence-electron chi connectivity index (χ1n) is 2.58. The molecule has 0 fully saturated rings. The molecular weight excluding hydrogens is 215 g/mol. The summed E-state index contributed by atoms with van der Waals surface area (Å²) in [6.45, 7) is 6.87. The Kier molecular flexibility index (Phi) is 2.82. The molecule has 0 saturated carbocycles. The molecule has 0 radical (unpaired) electrons. The van der Waals surface area contributed by atoms with Gasteiger partial charge in [-0.1, -0.05) is 43.4 Å². The van der Waals surface area contributed by atoms with Crippen molar-refractivity contribution in [2.45, 2.75) is 24.3 Å². The maximum absolute atomic E-state index is 2.51. The van der Waals surface area contributed by atoms with Gasteiger partial charge in [0.25, 0.3) is 0 Å². The lowest BCUT2D eigenvalue weighted by molar-refractivity contribution is 0.465. The van der Waals surface area contributed by atoms with Crippen LogP contribution in [-0.2, 0) is 0 Å². The summed E-state index contributed by atoms with van der Waals surface area (Å²) in [5.41, 5.74) is 0.548. The van der Waals surface area contributed by atoms with Crippen molar-refractivity contribution in [1.82, 2.24) is 0 Å². The minimum absolute atomic E-state index is 0.548. The molecule has 1 unspecified atom stereocenters. The summed E-state index contributed by atoms with van der Waals surface area (Å²) in [5, 5.41) is 0. The maximum atomic E-state index is 2.51. The summed E-state index contributed by atoms with van der Waals surface area (Å²) in [4.78, 5) is 0. The van der Waals surface area contributed by atoms with Crippen LogP contribution < -0.4 is 0 Å². The predicted molar refractivity (Wildman–Crippen MR) is 47.2 cm³/mol. The zero-order chi connectivity index (χ0) is 6.08. The van der Waals surface area contributed by atoms with Crippen LogP contribution >= 0.6 is 22.6 Å². The van der Waals surface area contributed by atoms with Gasteiger partial charge in [0.2, 0.25) is 0 Å². The van der Waals surface area contributed by atoms with Crippen molar-refractivity contribution < 1.29 is 0 Å². The molecule has 1 atom stereocenters. The summed E-state index contributed by atoms with van der Waals surface area (Å²) in [6.07, 6.45) is 0. The van der Waals surface area contributed by atoms with E-state index in [4.69, 9.17) is 0 Å². The Bertz CT molecular complexity index is 53.6. The van der Waals surface area contributed by atoms with E-state index in [0.29, 0.717) is 5.41 Å². The number of halogens is 1. The Hall–Kier alpha value is 0.947. The zero-order valence-corrected chi connectivity index (χ0v) is 9.61. The van der Waals surface area contributed by atoms with Crippen LogP contribution in [0.4, 0.5) is 0 Å². The fourth-order valence-electron chi connectivity index (χ4n) is 0. The quantitative estimate of drug-likeness (QED) is 0.331. The molecule has 0 aromatic rings. The Morgan fingerprint density at radius 3 is 1.57 bits per heavy atom. The van der Waals surface area contributed by atoms with E-state index in [-0.39, 0.29) is 0 Å². The highest BCUT2D eigenvalue weighted by molar-refractivity contribution is 14.1. The second-order valence-electron chi connectivity index (χ2n) is 2.98. The van der Waals surface area contributed by atoms with Crippen molar-refractivity contribution in [3.8, 4) is 0 Å². The van der Waals surface area contributed by atoms with Gasteiger partial charge >= 0.3 is 0 Å². The van der Waals surface area contributed by atoms with Gasteiger partial charge in [0.05, 0.1) is 0 Å². The molecule has 0 heterocycles. The topological polar surface area (TPSA) is 0 Å². The fourth-order valence-corrected chi connectivity index (χ4v) is 0. The van der Waals surface area contributed by atoms with E-state index >= 15 is 0 Å². The highest BCUT2D eigenvalue weighted by Gasteiger charge is 2.15. The van der Waals surface area contributed by atoms with Crippen LogP contribution in [0.15, 0.2) is 0 Å². The third-order valence-electron chi connectivity index (χ3n) is 1.19. The first-order valence-corrected chi connectivity index (χ1v) is 4.98. The minimum atomic E-state index is 0.548. The molecular formula is C5H13ISi. The average Bonchev–Trinajstić information content (AvgIpc) is 1.31. The summed E-state index contributed by atoms with van der Waals surface area (Å²) < 4.78 is 0.907. The van der Waals surface area contributed by atoms with Crippen LogP contribution in [0.2, 0.25) is 0 Å². The molecule has 0 bridgehead atoms. The van der Waals surface area contributed by atoms with E-state index in [2.05, 4.69) is 43.4 Å².